The van der Waals surface area contributed by atoms with Crippen molar-refractivity contribution in [2.24, 2.45) is 0 Å². The van der Waals surface area contributed by atoms with Crippen LogP contribution in [0.15, 0.2) is 12.3 Å². The van der Waals surface area contributed by atoms with E-state index in [1.165, 1.54) is 20.2 Å². The van der Waals surface area contributed by atoms with Crippen LogP contribution in [-0.4, -0.2) is 29.5 Å². The maximum Gasteiger partial charge on any atom is 0.257 e. The van der Waals surface area contributed by atoms with Crippen molar-refractivity contribution in [1.29, 1.82) is 0 Å². The smallest absolute Gasteiger partial charge is 0.257 e. The van der Waals surface area contributed by atoms with Gasteiger partial charge in [0.05, 0.1) is 19.0 Å². The molecule has 0 spiro atoms. The van der Waals surface area contributed by atoms with Crippen LogP contribution in [0.5, 0.6) is 5.88 Å². The molecule has 0 aromatic carbocycles. The highest BCUT2D eigenvalue weighted by molar-refractivity contribution is 5.73. The molecule has 0 atom stereocenters. The molecule has 1 aromatic rings. The first kappa shape index (κ1) is 12.0. The Morgan fingerprint density at radius 1 is 1.69 bits per heavy atom. The molecular weight excluding hydrogens is 208 g/mol. The molecule has 0 radical (unpaired) electrons. The van der Waals surface area contributed by atoms with E-state index in [-0.39, 0.29) is 11.7 Å². The summed E-state index contributed by atoms with van der Waals surface area (Å²) in [6.07, 6.45) is 5.02. The van der Waals surface area contributed by atoms with Crippen LogP contribution < -0.4 is 15.8 Å². The van der Waals surface area contributed by atoms with Crippen LogP contribution in [0.25, 0.3) is 6.08 Å². The van der Waals surface area contributed by atoms with E-state index in [0.717, 1.165) is 0 Å². The third-order valence-corrected chi connectivity index (χ3v) is 1.74. The fraction of sp³-hybridized carbons (Fsp3) is 0.300. The lowest BCUT2D eigenvalue weighted by atomic mass is 10.4. The van der Waals surface area contributed by atoms with E-state index >= 15 is 0 Å². The van der Waals surface area contributed by atoms with Gasteiger partial charge in [0.1, 0.15) is 0 Å². The summed E-state index contributed by atoms with van der Waals surface area (Å²) in [7, 11) is 1.48. The van der Waals surface area contributed by atoms with Crippen molar-refractivity contribution in [1.82, 2.24) is 15.3 Å². The van der Waals surface area contributed by atoms with Gasteiger partial charge in [-0.25, -0.2) is 9.97 Å². The summed E-state index contributed by atoms with van der Waals surface area (Å²) >= 11 is 0. The van der Waals surface area contributed by atoms with Gasteiger partial charge in [0.2, 0.25) is 5.91 Å². The maximum absolute atomic E-state index is 10.6. The fourth-order valence-corrected chi connectivity index (χ4v) is 1.01. The van der Waals surface area contributed by atoms with Gasteiger partial charge in [-0.1, -0.05) is 6.08 Å². The van der Waals surface area contributed by atoms with Gasteiger partial charge in [-0.15, -0.1) is 0 Å². The lowest BCUT2D eigenvalue weighted by molar-refractivity contribution is -0.118. The molecule has 86 valence electrons. The SMILES string of the molecule is COc1nc(C=CCNC(C)=O)cnc1N. The lowest BCUT2D eigenvalue weighted by Gasteiger charge is -2.02. The van der Waals surface area contributed by atoms with Crippen LogP contribution in [-0.2, 0) is 4.79 Å². The molecule has 0 aliphatic heterocycles. The average molecular weight is 222 g/mol. The Morgan fingerprint density at radius 2 is 2.44 bits per heavy atom. The predicted molar refractivity (Wildman–Crippen MR) is 60.7 cm³/mol. The quantitative estimate of drug-likeness (QED) is 0.760. The number of carbonyl (C=O) groups excluding carboxylic acids is 1. The van der Waals surface area contributed by atoms with Crippen LogP contribution in [0.3, 0.4) is 0 Å². The van der Waals surface area contributed by atoms with Gasteiger partial charge in [0, 0.05) is 13.5 Å². The summed E-state index contributed by atoms with van der Waals surface area (Å²) in [5.41, 5.74) is 6.14. The molecular formula is C10H14N4O2. The van der Waals surface area contributed by atoms with Gasteiger partial charge >= 0.3 is 0 Å². The molecule has 1 amide bonds. The third-order valence-electron chi connectivity index (χ3n) is 1.74. The summed E-state index contributed by atoms with van der Waals surface area (Å²) in [6.45, 7) is 1.91. The highest BCUT2D eigenvalue weighted by Gasteiger charge is 2.01. The topological polar surface area (TPSA) is 90.1 Å². The minimum absolute atomic E-state index is 0.0781. The lowest BCUT2D eigenvalue weighted by Crippen LogP contribution is -2.19. The molecule has 1 heterocycles. The van der Waals surface area contributed by atoms with E-state index in [1.54, 1.807) is 12.2 Å². The van der Waals surface area contributed by atoms with Crippen molar-refractivity contribution >= 4 is 17.8 Å². The minimum Gasteiger partial charge on any atom is -0.478 e. The summed E-state index contributed by atoms with van der Waals surface area (Å²) in [5, 5.41) is 2.63. The number of hydrogen-bond donors (Lipinski definition) is 2. The van der Waals surface area contributed by atoms with E-state index in [2.05, 4.69) is 15.3 Å². The molecule has 0 aliphatic carbocycles. The number of hydrogen-bond acceptors (Lipinski definition) is 5. The second-order valence-corrected chi connectivity index (χ2v) is 3.03. The van der Waals surface area contributed by atoms with Crippen molar-refractivity contribution < 1.29 is 9.53 Å². The van der Waals surface area contributed by atoms with E-state index in [0.29, 0.717) is 18.1 Å². The van der Waals surface area contributed by atoms with Gasteiger partial charge in [-0.2, -0.15) is 0 Å². The van der Waals surface area contributed by atoms with Crippen molar-refractivity contribution in [2.45, 2.75) is 6.92 Å². The molecule has 6 nitrogen and oxygen atoms in total. The number of nitrogens with one attached hydrogen (secondary N) is 1. The minimum atomic E-state index is -0.0781. The standard InChI is InChI=1S/C10H14N4O2/c1-7(15)12-5-3-4-8-6-13-9(11)10(14-8)16-2/h3-4,6H,5H2,1-2H3,(H2,11,13)(H,12,15). The number of nitrogens with two attached hydrogens (primary N) is 1. The van der Waals surface area contributed by atoms with Crippen molar-refractivity contribution in [3.05, 3.63) is 18.0 Å². The van der Waals surface area contributed by atoms with E-state index in [9.17, 15) is 4.79 Å². The monoisotopic (exact) mass is 222 g/mol. The van der Waals surface area contributed by atoms with Gasteiger partial charge < -0.3 is 15.8 Å². The number of nitrogens with zero attached hydrogens (tertiary/aromatic N) is 2. The summed E-state index contributed by atoms with van der Waals surface area (Å²) in [5.74, 6) is 0.466. The molecule has 0 saturated carbocycles. The van der Waals surface area contributed by atoms with Crippen molar-refractivity contribution in [3.8, 4) is 5.88 Å². The Labute approximate surface area is 93.5 Å². The number of aromatic nitrogens is 2. The molecule has 0 unspecified atom stereocenters. The van der Waals surface area contributed by atoms with Gasteiger partial charge in [0.15, 0.2) is 5.82 Å². The second-order valence-electron chi connectivity index (χ2n) is 3.03. The van der Waals surface area contributed by atoms with Crippen LogP contribution in [0.1, 0.15) is 12.6 Å². The number of rotatable bonds is 4. The molecule has 3 N–H and O–H groups in total. The van der Waals surface area contributed by atoms with Crippen molar-refractivity contribution in [2.75, 3.05) is 19.4 Å². The number of carbonyl (C=O) groups is 1. The second kappa shape index (κ2) is 5.69. The normalized spacial score (nSPS) is 10.4. The predicted octanol–water partition coefficient (Wildman–Crippen LogP) is 0.217. The Morgan fingerprint density at radius 3 is 3.06 bits per heavy atom. The van der Waals surface area contributed by atoms with Crippen LogP contribution >= 0.6 is 0 Å². The number of ether oxygens (including phenoxy) is 1. The van der Waals surface area contributed by atoms with Gasteiger partial charge in [0.25, 0.3) is 5.88 Å². The zero-order chi connectivity index (χ0) is 12.0. The molecule has 1 aromatic heterocycles. The largest absolute Gasteiger partial charge is 0.478 e. The zero-order valence-corrected chi connectivity index (χ0v) is 9.23. The molecule has 1 rings (SSSR count). The number of amides is 1. The Balaban J connectivity index is 2.63. The molecule has 0 aliphatic rings. The van der Waals surface area contributed by atoms with Gasteiger partial charge in [-0.3, -0.25) is 4.79 Å². The third kappa shape index (κ3) is 3.56. The molecule has 0 fully saturated rings. The van der Waals surface area contributed by atoms with E-state index in [1.807, 2.05) is 0 Å². The van der Waals surface area contributed by atoms with Crippen LogP contribution in [0, 0.1) is 0 Å². The summed E-state index contributed by atoms with van der Waals surface area (Å²) < 4.78 is 4.93. The number of nitrogen functional groups attached to an aromatic ring is 1. The highest BCUT2D eigenvalue weighted by Crippen LogP contribution is 2.14. The Kier molecular flexibility index (Phi) is 4.26. The molecule has 16 heavy (non-hydrogen) atoms. The highest BCUT2D eigenvalue weighted by atomic mass is 16.5. The molecule has 6 heteroatoms. The van der Waals surface area contributed by atoms with Crippen molar-refractivity contribution in [3.63, 3.8) is 0 Å². The zero-order valence-electron chi connectivity index (χ0n) is 9.23. The summed E-state index contributed by atoms with van der Waals surface area (Å²) in [6, 6.07) is 0. The Bertz CT molecular complexity index is 404. The fourth-order valence-electron chi connectivity index (χ4n) is 1.01. The first-order valence-corrected chi connectivity index (χ1v) is 4.71. The van der Waals surface area contributed by atoms with Crippen LogP contribution in [0.2, 0.25) is 0 Å². The Hall–Kier alpha value is -2.11. The summed E-state index contributed by atoms with van der Waals surface area (Å²) in [4.78, 5) is 18.6. The first-order chi connectivity index (χ1) is 7.63. The molecule has 0 bridgehead atoms. The average Bonchev–Trinajstić information content (AvgIpc) is 2.26. The van der Waals surface area contributed by atoms with E-state index in [4.69, 9.17) is 10.5 Å². The van der Waals surface area contributed by atoms with E-state index < -0.39 is 0 Å². The number of anilines is 1. The van der Waals surface area contributed by atoms with Gasteiger partial charge in [-0.05, 0) is 6.08 Å². The number of methoxy groups -OCH3 is 1. The molecule has 0 saturated heterocycles. The van der Waals surface area contributed by atoms with Crippen LogP contribution in [0.4, 0.5) is 5.82 Å². The first-order valence-electron chi connectivity index (χ1n) is 4.71. The maximum atomic E-state index is 10.6.